The minimum Gasteiger partial charge on any atom is -0.343 e. The molecule has 0 atom stereocenters. The summed E-state index contributed by atoms with van der Waals surface area (Å²) in [5.41, 5.74) is 3.75. The topological polar surface area (TPSA) is 65.6 Å². The van der Waals surface area contributed by atoms with Gasteiger partial charge in [-0.2, -0.15) is 0 Å². The molecule has 0 aliphatic carbocycles. The molecule has 2 aromatic carbocycles. The molecule has 0 aliphatic rings. The van der Waals surface area contributed by atoms with Crippen LogP contribution >= 0.6 is 11.8 Å². The summed E-state index contributed by atoms with van der Waals surface area (Å²) in [6.07, 6.45) is 0. The number of tetrazole rings is 1. The van der Waals surface area contributed by atoms with Gasteiger partial charge in [0.05, 0.1) is 17.0 Å². The third kappa shape index (κ3) is 2.80. The number of benzene rings is 2. The number of para-hydroxylation sites is 1. The Morgan fingerprint density at radius 3 is 2.50 bits per heavy atom. The molecule has 2 aromatic heterocycles. The first kappa shape index (κ1) is 16.5. The number of carbonyl (C=O) groups excluding carboxylic acids is 1. The Morgan fingerprint density at radius 2 is 1.77 bits per heavy atom. The highest BCUT2D eigenvalue weighted by Gasteiger charge is 2.22. The summed E-state index contributed by atoms with van der Waals surface area (Å²) in [5.74, 6) is 0.343. The van der Waals surface area contributed by atoms with Crippen molar-refractivity contribution in [3.05, 3.63) is 60.2 Å². The molecule has 26 heavy (non-hydrogen) atoms. The minimum atomic E-state index is 0.0636. The van der Waals surface area contributed by atoms with Gasteiger partial charge in [-0.15, -0.1) is 5.10 Å². The molecular formula is C19H17N5OS. The zero-order valence-electron chi connectivity index (χ0n) is 14.5. The van der Waals surface area contributed by atoms with Crippen LogP contribution in [0.3, 0.4) is 0 Å². The number of nitrogens with zero attached hydrogens (tertiary/aromatic N) is 5. The maximum Gasteiger partial charge on any atom is 0.209 e. The smallest absolute Gasteiger partial charge is 0.209 e. The maximum absolute atomic E-state index is 13.2. The lowest BCUT2D eigenvalue weighted by Gasteiger charge is -2.08. The van der Waals surface area contributed by atoms with Crippen molar-refractivity contribution in [2.24, 2.45) is 14.1 Å². The van der Waals surface area contributed by atoms with Crippen LogP contribution < -0.4 is 0 Å². The maximum atomic E-state index is 13.2. The van der Waals surface area contributed by atoms with Crippen LogP contribution in [0, 0.1) is 0 Å². The zero-order chi connectivity index (χ0) is 18.1. The standard InChI is InChI=1S/C19H17N5OS/c1-23-15-11-7-6-10-14(15)17(18(23)13-8-4-3-5-9-13)16(25)12-26-19-20-21-22-24(19)2/h3-11H,12H2,1-2H3. The molecule has 0 saturated heterocycles. The third-order valence-electron chi connectivity index (χ3n) is 4.35. The summed E-state index contributed by atoms with van der Waals surface area (Å²) < 4.78 is 3.66. The fraction of sp³-hybridized carbons (Fsp3) is 0.158. The number of aromatic nitrogens is 5. The van der Waals surface area contributed by atoms with Gasteiger partial charge in [0.15, 0.2) is 5.78 Å². The van der Waals surface area contributed by atoms with Crippen molar-refractivity contribution in [2.45, 2.75) is 5.16 Å². The second-order valence-electron chi connectivity index (χ2n) is 5.96. The molecule has 0 amide bonds. The normalized spacial score (nSPS) is 11.2. The number of hydrogen-bond donors (Lipinski definition) is 0. The zero-order valence-corrected chi connectivity index (χ0v) is 15.3. The summed E-state index contributed by atoms with van der Waals surface area (Å²) in [7, 11) is 3.77. The van der Waals surface area contributed by atoms with Crippen LogP contribution in [0.5, 0.6) is 0 Å². The third-order valence-corrected chi connectivity index (χ3v) is 5.36. The van der Waals surface area contributed by atoms with E-state index < -0.39 is 0 Å². The number of aryl methyl sites for hydroxylation is 2. The molecule has 0 fully saturated rings. The molecule has 7 heteroatoms. The molecular weight excluding hydrogens is 346 g/mol. The molecule has 0 bridgehead atoms. The highest BCUT2D eigenvalue weighted by molar-refractivity contribution is 7.99. The van der Waals surface area contributed by atoms with Crippen LogP contribution in [0.2, 0.25) is 0 Å². The van der Waals surface area contributed by atoms with Crippen molar-refractivity contribution >= 4 is 28.4 Å². The van der Waals surface area contributed by atoms with Gasteiger partial charge >= 0.3 is 0 Å². The number of thioether (sulfide) groups is 1. The fourth-order valence-corrected chi connectivity index (χ4v) is 3.88. The lowest BCUT2D eigenvalue weighted by atomic mass is 10.0. The summed E-state index contributed by atoms with van der Waals surface area (Å²) in [5, 5.41) is 13.0. The molecule has 2 heterocycles. The Kier molecular flexibility index (Phi) is 4.30. The van der Waals surface area contributed by atoms with E-state index in [1.165, 1.54) is 11.8 Å². The van der Waals surface area contributed by atoms with E-state index in [1.807, 2.05) is 61.6 Å². The lowest BCUT2D eigenvalue weighted by Crippen LogP contribution is -2.06. The van der Waals surface area contributed by atoms with Gasteiger partial charge in [0.25, 0.3) is 0 Å². The predicted octanol–water partition coefficient (Wildman–Crippen LogP) is 3.34. The van der Waals surface area contributed by atoms with Crippen molar-refractivity contribution in [1.29, 1.82) is 0 Å². The Bertz CT molecular complexity index is 1080. The number of fused-ring (bicyclic) bond motifs is 1. The Morgan fingerprint density at radius 1 is 1.04 bits per heavy atom. The van der Waals surface area contributed by atoms with Crippen molar-refractivity contribution in [2.75, 3.05) is 5.75 Å². The number of hydrogen-bond acceptors (Lipinski definition) is 5. The molecule has 0 unspecified atom stereocenters. The van der Waals surface area contributed by atoms with Gasteiger partial charge in [-0.25, -0.2) is 4.68 Å². The SMILES string of the molecule is Cn1nnnc1SCC(=O)c1c(-c2ccccc2)n(C)c2ccccc12. The van der Waals surface area contributed by atoms with Gasteiger partial charge < -0.3 is 4.57 Å². The summed E-state index contributed by atoms with van der Waals surface area (Å²) >= 11 is 1.35. The number of Topliss-reactive ketones (excluding diaryl/α,β-unsaturated/α-hetero) is 1. The molecule has 0 saturated carbocycles. The van der Waals surface area contributed by atoms with Gasteiger partial charge in [0, 0.05) is 25.0 Å². The first-order valence-electron chi connectivity index (χ1n) is 8.18. The molecule has 0 aliphatic heterocycles. The highest BCUT2D eigenvalue weighted by atomic mass is 32.2. The second-order valence-corrected chi connectivity index (χ2v) is 6.91. The molecule has 0 N–H and O–H groups in total. The van der Waals surface area contributed by atoms with Crippen molar-refractivity contribution in [3.8, 4) is 11.3 Å². The van der Waals surface area contributed by atoms with Gasteiger partial charge in [-0.1, -0.05) is 60.3 Å². The molecule has 0 spiro atoms. The summed E-state index contributed by atoms with van der Waals surface area (Å²) in [6, 6.07) is 18.0. The average Bonchev–Trinajstić information content (AvgIpc) is 3.21. The quantitative estimate of drug-likeness (QED) is 0.402. The highest BCUT2D eigenvalue weighted by Crippen LogP contribution is 2.34. The van der Waals surface area contributed by atoms with Gasteiger partial charge in [-0.05, 0) is 22.1 Å². The number of carbonyl (C=O) groups is 1. The van der Waals surface area contributed by atoms with Crippen molar-refractivity contribution < 1.29 is 4.79 Å². The van der Waals surface area contributed by atoms with E-state index in [1.54, 1.807) is 11.7 Å². The van der Waals surface area contributed by atoms with Crippen LogP contribution in [0.25, 0.3) is 22.2 Å². The van der Waals surface area contributed by atoms with Crippen LogP contribution in [-0.2, 0) is 14.1 Å². The van der Waals surface area contributed by atoms with E-state index in [4.69, 9.17) is 0 Å². The first-order chi connectivity index (χ1) is 12.7. The van der Waals surface area contributed by atoms with Gasteiger partial charge in [-0.3, -0.25) is 4.79 Å². The fourth-order valence-electron chi connectivity index (χ4n) is 3.16. The van der Waals surface area contributed by atoms with E-state index in [2.05, 4.69) is 20.1 Å². The van der Waals surface area contributed by atoms with Gasteiger partial charge in [0.1, 0.15) is 0 Å². The Labute approximate surface area is 154 Å². The van der Waals surface area contributed by atoms with Crippen LogP contribution in [0.15, 0.2) is 59.8 Å². The molecule has 4 aromatic rings. The monoisotopic (exact) mass is 363 g/mol. The van der Waals surface area contributed by atoms with E-state index in [0.29, 0.717) is 5.16 Å². The van der Waals surface area contributed by atoms with Crippen LogP contribution in [-0.4, -0.2) is 36.3 Å². The predicted molar refractivity (Wildman–Crippen MR) is 102 cm³/mol. The summed E-state index contributed by atoms with van der Waals surface area (Å²) in [4.78, 5) is 13.2. The largest absolute Gasteiger partial charge is 0.343 e. The second kappa shape index (κ2) is 6.76. The van der Waals surface area contributed by atoms with Crippen LogP contribution in [0.1, 0.15) is 10.4 Å². The van der Waals surface area contributed by atoms with E-state index in [0.717, 1.165) is 27.7 Å². The average molecular weight is 363 g/mol. The first-order valence-corrected chi connectivity index (χ1v) is 9.16. The molecule has 4 rings (SSSR count). The molecule has 130 valence electrons. The Hall–Kier alpha value is -2.93. The van der Waals surface area contributed by atoms with Crippen molar-refractivity contribution in [1.82, 2.24) is 24.8 Å². The van der Waals surface area contributed by atoms with Gasteiger partial charge in [0.2, 0.25) is 5.16 Å². The minimum absolute atomic E-state index is 0.0636. The van der Waals surface area contributed by atoms with E-state index >= 15 is 0 Å². The van der Waals surface area contributed by atoms with Crippen molar-refractivity contribution in [3.63, 3.8) is 0 Å². The lowest BCUT2D eigenvalue weighted by molar-refractivity contribution is 0.102. The number of rotatable bonds is 5. The molecule has 0 radical (unpaired) electrons. The van der Waals surface area contributed by atoms with E-state index in [-0.39, 0.29) is 11.5 Å². The van der Waals surface area contributed by atoms with E-state index in [9.17, 15) is 4.79 Å². The van der Waals surface area contributed by atoms with Crippen LogP contribution in [0.4, 0.5) is 0 Å². The Balaban J connectivity index is 1.80. The molecule has 6 nitrogen and oxygen atoms in total. The number of ketones is 1. The summed E-state index contributed by atoms with van der Waals surface area (Å²) in [6.45, 7) is 0.